The fourth-order valence-electron chi connectivity index (χ4n) is 4.26. The molecule has 0 unspecified atom stereocenters. The van der Waals surface area contributed by atoms with Crippen molar-refractivity contribution in [1.29, 1.82) is 0 Å². The van der Waals surface area contributed by atoms with Crippen molar-refractivity contribution < 1.29 is 0 Å². The maximum Gasteiger partial charge on any atom is 0.0452 e. The zero-order valence-electron chi connectivity index (χ0n) is 20.4. The summed E-state index contributed by atoms with van der Waals surface area (Å²) in [6.07, 6.45) is 2.25. The summed E-state index contributed by atoms with van der Waals surface area (Å²) in [5.74, 6) is 0. The molecule has 27 heavy (non-hydrogen) atoms. The quantitative estimate of drug-likeness (QED) is 0.454. The molecule has 0 aliphatic rings. The van der Waals surface area contributed by atoms with Crippen LogP contribution in [0.15, 0.2) is 12.1 Å². The number of hydrogen-bond acceptors (Lipinski definition) is 1. The number of hydrogen-bond donors (Lipinski definition) is 0. The van der Waals surface area contributed by atoms with Crippen molar-refractivity contribution in [1.82, 2.24) is 4.98 Å². The van der Waals surface area contributed by atoms with Gasteiger partial charge in [-0.1, -0.05) is 98.9 Å². The first-order valence-corrected chi connectivity index (χ1v) is 13.4. The number of pyridine rings is 1. The van der Waals surface area contributed by atoms with Crippen molar-refractivity contribution in [2.24, 2.45) is 0 Å². The summed E-state index contributed by atoms with van der Waals surface area (Å²) in [6.45, 7) is 31.1. The van der Waals surface area contributed by atoms with Gasteiger partial charge >= 0.3 is 0 Å². The van der Waals surface area contributed by atoms with E-state index in [-0.39, 0.29) is 15.8 Å². The van der Waals surface area contributed by atoms with E-state index in [0.29, 0.717) is 20.6 Å². The summed E-state index contributed by atoms with van der Waals surface area (Å²) in [7, 11) is -0.333. The topological polar surface area (TPSA) is 12.9 Å². The monoisotopic (exact) mass is 409 g/mol. The van der Waals surface area contributed by atoms with Crippen LogP contribution in [0.25, 0.3) is 0 Å². The summed E-state index contributed by atoms with van der Waals surface area (Å²) in [6, 6.07) is 4.65. The van der Waals surface area contributed by atoms with Crippen LogP contribution in [0.5, 0.6) is 0 Å². The predicted molar refractivity (Wildman–Crippen MR) is 129 cm³/mol. The van der Waals surface area contributed by atoms with Gasteiger partial charge in [0.2, 0.25) is 0 Å². The Morgan fingerprint density at radius 2 is 0.852 bits per heavy atom. The lowest BCUT2D eigenvalue weighted by Gasteiger charge is -2.42. The minimum absolute atomic E-state index is 0.167. The van der Waals surface area contributed by atoms with Crippen LogP contribution in [0.1, 0.15) is 100 Å². The maximum absolute atomic E-state index is 5.20. The molecule has 0 fully saturated rings. The molecule has 1 aromatic heterocycles. The highest BCUT2D eigenvalue weighted by Gasteiger charge is 2.36. The summed E-state index contributed by atoms with van der Waals surface area (Å²) in [4.78, 5) is 5.20. The minimum Gasteiger partial charge on any atom is -0.257 e. The zero-order chi connectivity index (χ0) is 21.4. The van der Waals surface area contributed by atoms with Crippen LogP contribution < -0.4 is 0 Å². The van der Waals surface area contributed by atoms with Crippen molar-refractivity contribution >= 4 is 15.8 Å². The highest BCUT2D eigenvalue weighted by Crippen LogP contribution is 2.62. The molecule has 1 nitrogen and oxygen atoms in total. The fraction of sp³-hybridized carbons (Fsp3) is 0.792. The zero-order valence-corrected chi connectivity index (χ0v) is 22.2. The van der Waals surface area contributed by atoms with Gasteiger partial charge < -0.3 is 0 Å². The maximum atomic E-state index is 5.20. The SMILES string of the molecule is Cc1cc(CP(C(C)(C)C)C(C)(C)C)nc(CP(C(C)(C)C)C(C)(C)C)c1. The number of rotatable bonds is 4. The van der Waals surface area contributed by atoms with E-state index in [1.165, 1.54) is 17.0 Å². The third kappa shape index (κ3) is 7.74. The highest BCUT2D eigenvalue weighted by atomic mass is 31.1. The summed E-state index contributed by atoms with van der Waals surface area (Å²) < 4.78 is 0. The second kappa shape index (κ2) is 8.40. The Balaban J connectivity index is 3.24. The smallest absolute Gasteiger partial charge is 0.0452 e. The van der Waals surface area contributed by atoms with E-state index in [2.05, 4.69) is 102 Å². The van der Waals surface area contributed by atoms with E-state index in [9.17, 15) is 0 Å². The molecule has 0 bridgehead atoms. The molecule has 1 aromatic rings. The molecule has 0 spiro atoms. The Kier molecular flexibility index (Phi) is 7.79. The van der Waals surface area contributed by atoms with E-state index >= 15 is 0 Å². The predicted octanol–water partition coefficient (Wildman–Crippen LogP) is 8.55. The molecule has 0 N–H and O–H groups in total. The molecule has 0 radical (unpaired) electrons. The van der Waals surface area contributed by atoms with E-state index in [0.717, 1.165) is 12.3 Å². The Morgan fingerprint density at radius 3 is 1.07 bits per heavy atom. The Labute approximate surface area is 173 Å². The molecule has 0 aromatic carbocycles. The minimum atomic E-state index is -0.167. The summed E-state index contributed by atoms with van der Waals surface area (Å²) >= 11 is 0. The first-order chi connectivity index (χ1) is 11.8. The lowest BCUT2D eigenvalue weighted by Crippen LogP contribution is -2.27. The van der Waals surface area contributed by atoms with Crippen molar-refractivity contribution in [2.75, 3.05) is 0 Å². The van der Waals surface area contributed by atoms with Gasteiger partial charge in [0.05, 0.1) is 0 Å². The molecule has 156 valence electrons. The van der Waals surface area contributed by atoms with Crippen molar-refractivity contribution in [3.8, 4) is 0 Å². The Morgan fingerprint density at radius 1 is 0.593 bits per heavy atom. The van der Waals surface area contributed by atoms with Crippen molar-refractivity contribution in [2.45, 2.75) is 123 Å². The van der Waals surface area contributed by atoms with Crippen LogP contribution in [0.3, 0.4) is 0 Å². The molecule has 0 amide bonds. The Bertz CT molecular complexity index is 541. The highest BCUT2D eigenvalue weighted by molar-refractivity contribution is 7.60. The molecular weight excluding hydrogens is 364 g/mol. The van der Waals surface area contributed by atoms with Gasteiger partial charge in [-0.2, -0.15) is 0 Å². The average molecular weight is 410 g/mol. The molecule has 1 rings (SSSR count). The summed E-state index contributed by atoms with van der Waals surface area (Å²) in [5, 5.41) is 1.34. The van der Waals surface area contributed by atoms with Gasteiger partial charge in [0.1, 0.15) is 0 Å². The number of aromatic nitrogens is 1. The van der Waals surface area contributed by atoms with Gasteiger partial charge in [0, 0.05) is 23.7 Å². The van der Waals surface area contributed by atoms with E-state index in [1.807, 2.05) is 0 Å². The first-order valence-electron chi connectivity index (χ1n) is 10.3. The molecule has 0 saturated heterocycles. The molecule has 0 atom stereocenters. The summed E-state index contributed by atoms with van der Waals surface area (Å²) in [5.41, 5.74) is 3.97. The van der Waals surface area contributed by atoms with Gasteiger partial charge in [0.25, 0.3) is 0 Å². The van der Waals surface area contributed by atoms with Crippen molar-refractivity contribution in [3.05, 3.63) is 29.1 Å². The van der Waals surface area contributed by atoms with Crippen molar-refractivity contribution in [3.63, 3.8) is 0 Å². The largest absolute Gasteiger partial charge is 0.257 e. The van der Waals surface area contributed by atoms with E-state index in [1.54, 1.807) is 0 Å². The van der Waals surface area contributed by atoms with Gasteiger partial charge in [0.15, 0.2) is 0 Å². The van der Waals surface area contributed by atoms with E-state index < -0.39 is 0 Å². The van der Waals surface area contributed by atoms with Gasteiger partial charge in [-0.15, -0.1) is 0 Å². The third-order valence-corrected chi connectivity index (χ3v) is 12.7. The normalized spacial score (nSPS) is 14.3. The average Bonchev–Trinajstić information content (AvgIpc) is 2.36. The molecule has 3 heteroatoms. The van der Waals surface area contributed by atoms with Crippen LogP contribution in [0.4, 0.5) is 0 Å². The van der Waals surface area contributed by atoms with Gasteiger partial charge in [-0.25, -0.2) is 0 Å². The molecule has 1 heterocycles. The second-order valence-corrected chi connectivity index (χ2v) is 19.7. The molecular formula is C24H45NP2. The first kappa shape index (κ1) is 25.0. The fourth-order valence-corrected chi connectivity index (χ4v) is 11.2. The second-order valence-electron chi connectivity index (χ2n) is 12.0. The number of aryl methyl sites for hydroxylation is 1. The number of nitrogens with zero attached hydrogens (tertiary/aromatic N) is 1. The molecule has 0 saturated carbocycles. The van der Waals surface area contributed by atoms with E-state index in [4.69, 9.17) is 4.98 Å². The third-order valence-electron chi connectivity index (χ3n) is 4.96. The molecule has 0 aliphatic heterocycles. The van der Waals surface area contributed by atoms with Crippen LogP contribution in [-0.2, 0) is 12.3 Å². The van der Waals surface area contributed by atoms with Crippen LogP contribution in [0.2, 0.25) is 0 Å². The van der Waals surface area contributed by atoms with Gasteiger partial charge in [-0.05, 0) is 45.2 Å². The van der Waals surface area contributed by atoms with Gasteiger partial charge in [-0.3, -0.25) is 4.98 Å². The lowest BCUT2D eigenvalue weighted by atomic mass is 10.2. The van der Waals surface area contributed by atoms with Crippen LogP contribution >= 0.6 is 15.8 Å². The Hall–Kier alpha value is 0.01000. The molecule has 0 aliphatic carbocycles. The van der Waals surface area contributed by atoms with Crippen LogP contribution in [-0.4, -0.2) is 25.6 Å². The van der Waals surface area contributed by atoms with Crippen LogP contribution in [0, 0.1) is 6.92 Å². The lowest BCUT2D eigenvalue weighted by molar-refractivity contribution is 0.699. The standard InChI is InChI=1S/C24H45NP2/c1-18-14-19(16-26(21(2,3)4)22(5,6)7)25-20(15-18)17-27(23(8,9)10)24(11,12)13/h14-15H,16-17H2,1-13H3.